The van der Waals surface area contributed by atoms with Gasteiger partial charge in [0, 0.05) is 23.5 Å². The highest BCUT2D eigenvalue weighted by Gasteiger charge is 2.22. The first-order chi connectivity index (χ1) is 14.9. The molecule has 31 heavy (non-hydrogen) atoms. The summed E-state index contributed by atoms with van der Waals surface area (Å²) >= 11 is 0. The Labute approximate surface area is 183 Å². The smallest absolute Gasteiger partial charge is 0.244 e. The van der Waals surface area contributed by atoms with Crippen LogP contribution >= 0.6 is 0 Å². The Morgan fingerprint density at radius 2 is 2.03 bits per heavy atom. The minimum atomic E-state index is -3.74. The normalized spacial score (nSPS) is 14.6. The third kappa shape index (κ3) is 4.50. The molecule has 1 N–H and O–H groups in total. The van der Waals surface area contributed by atoms with Crippen LogP contribution < -0.4 is 9.46 Å². The van der Waals surface area contributed by atoms with Crippen molar-refractivity contribution in [2.45, 2.75) is 50.8 Å². The lowest BCUT2D eigenvalue weighted by Crippen LogP contribution is -2.25. The summed E-state index contributed by atoms with van der Waals surface area (Å²) in [4.78, 5) is 4.73. The van der Waals surface area contributed by atoms with E-state index in [2.05, 4.69) is 20.9 Å². The Balaban J connectivity index is 1.65. The topological polar surface area (TPSA) is 85.6 Å². The van der Waals surface area contributed by atoms with E-state index in [1.807, 2.05) is 26.0 Å². The predicted octanol–water partition coefficient (Wildman–Crippen LogP) is 4.19. The predicted molar refractivity (Wildman–Crippen MR) is 121 cm³/mol. The number of allylic oxidation sites excluding steroid dienone is 1. The van der Waals surface area contributed by atoms with Crippen molar-refractivity contribution in [3.8, 4) is 16.9 Å². The molecule has 0 atom stereocenters. The Kier molecular flexibility index (Phi) is 6.11. The molecule has 1 aliphatic rings. The zero-order valence-corrected chi connectivity index (χ0v) is 19.0. The molecule has 0 spiro atoms. The zero-order chi connectivity index (χ0) is 22.0. The van der Waals surface area contributed by atoms with Gasteiger partial charge in [-0.3, -0.25) is 0 Å². The summed E-state index contributed by atoms with van der Waals surface area (Å²) in [7, 11) is -2.26. The number of ether oxygens (including phenoxy) is 1. The molecule has 0 unspecified atom stereocenters. The molecule has 0 saturated heterocycles. The average Bonchev–Trinajstić information content (AvgIpc) is 3.18. The van der Waals surface area contributed by atoms with Crippen LogP contribution in [0.3, 0.4) is 0 Å². The maximum Gasteiger partial charge on any atom is 0.244 e. The number of aromatic nitrogens is 3. The fraction of sp³-hybridized carbons (Fsp3) is 0.391. The molecule has 0 aliphatic heterocycles. The second-order valence-electron chi connectivity index (χ2n) is 7.95. The Morgan fingerprint density at radius 1 is 1.19 bits per heavy atom. The minimum absolute atomic E-state index is 0.119. The van der Waals surface area contributed by atoms with Crippen LogP contribution in [0.25, 0.3) is 16.8 Å². The monoisotopic (exact) mass is 440 g/mol. The van der Waals surface area contributed by atoms with E-state index in [-0.39, 0.29) is 4.90 Å². The number of aryl methyl sites for hydroxylation is 2. The molecule has 2 aromatic heterocycles. The molecule has 8 heteroatoms. The molecule has 0 radical (unpaired) electrons. The van der Waals surface area contributed by atoms with Crippen LogP contribution in [-0.2, 0) is 10.0 Å². The van der Waals surface area contributed by atoms with E-state index in [1.54, 1.807) is 22.8 Å². The number of methoxy groups -OCH3 is 1. The number of benzene rings is 1. The van der Waals surface area contributed by atoms with Gasteiger partial charge in [-0.2, -0.15) is 5.10 Å². The quantitative estimate of drug-likeness (QED) is 0.557. The van der Waals surface area contributed by atoms with Crippen LogP contribution in [0.15, 0.2) is 47.0 Å². The maximum absolute atomic E-state index is 13.1. The third-order valence-electron chi connectivity index (χ3n) is 5.67. The van der Waals surface area contributed by atoms with Crippen molar-refractivity contribution in [2.75, 3.05) is 13.7 Å². The molecule has 164 valence electrons. The van der Waals surface area contributed by atoms with Crippen LogP contribution in [0, 0.1) is 13.8 Å². The van der Waals surface area contributed by atoms with Gasteiger partial charge in [0.25, 0.3) is 0 Å². The molecule has 3 aromatic rings. The number of hydrogen-bond donors (Lipinski definition) is 1. The summed E-state index contributed by atoms with van der Waals surface area (Å²) in [5.41, 5.74) is 5.38. The average molecular weight is 441 g/mol. The lowest BCUT2D eigenvalue weighted by atomic mass is 9.97. The van der Waals surface area contributed by atoms with Gasteiger partial charge in [-0.15, -0.1) is 0 Å². The van der Waals surface area contributed by atoms with E-state index >= 15 is 0 Å². The third-order valence-corrected chi connectivity index (χ3v) is 7.15. The highest BCUT2D eigenvalue weighted by Crippen LogP contribution is 2.32. The maximum atomic E-state index is 13.1. The van der Waals surface area contributed by atoms with Crippen molar-refractivity contribution < 1.29 is 13.2 Å². The van der Waals surface area contributed by atoms with E-state index in [1.165, 1.54) is 25.5 Å². The van der Waals surface area contributed by atoms with E-state index in [4.69, 9.17) is 4.74 Å². The van der Waals surface area contributed by atoms with Crippen LogP contribution in [0.4, 0.5) is 0 Å². The van der Waals surface area contributed by atoms with E-state index in [9.17, 15) is 8.42 Å². The summed E-state index contributed by atoms with van der Waals surface area (Å²) in [6.45, 7) is 4.27. The standard InChI is InChI=1S/C23H28N4O3S/c1-16-13-17(2)27-23(26-16)20(15-24-27)19-9-10-21(30-3)22(14-19)31(28,29)25-12-11-18-7-5-4-6-8-18/h7,9-10,13-15,25H,4-6,8,11-12H2,1-3H3. The summed E-state index contributed by atoms with van der Waals surface area (Å²) in [6.07, 6.45) is 9.23. The molecule has 7 nitrogen and oxygen atoms in total. The summed E-state index contributed by atoms with van der Waals surface area (Å²) in [5, 5.41) is 4.42. The number of rotatable bonds is 7. The molecule has 1 aliphatic carbocycles. The molecule has 0 saturated carbocycles. The zero-order valence-electron chi connectivity index (χ0n) is 18.2. The fourth-order valence-electron chi connectivity index (χ4n) is 4.08. The summed E-state index contributed by atoms with van der Waals surface area (Å²) in [5.74, 6) is 0.310. The van der Waals surface area contributed by atoms with Crippen molar-refractivity contribution in [2.24, 2.45) is 0 Å². The van der Waals surface area contributed by atoms with E-state index in [0.29, 0.717) is 17.9 Å². The minimum Gasteiger partial charge on any atom is -0.495 e. The van der Waals surface area contributed by atoms with Crippen molar-refractivity contribution in [3.63, 3.8) is 0 Å². The van der Waals surface area contributed by atoms with Gasteiger partial charge in [-0.25, -0.2) is 22.6 Å². The van der Waals surface area contributed by atoms with Crippen LogP contribution in [-0.4, -0.2) is 36.7 Å². The highest BCUT2D eigenvalue weighted by atomic mass is 32.2. The van der Waals surface area contributed by atoms with Gasteiger partial charge < -0.3 is 4.74 Å². The second kappa shape index (κ2) is 8.80. The molecule has 0 bridgehead atoms. The first-order valence-corrected chi connectivity index (χ1v) is 12.1. The SMILES string of the molecule is COc1ccc(-c2cnn3c(C)cc(C)nc23)cc1S(=O)(=O)NCCC1=CCCCC1. The van der Waals surface area contributed by atoms with Crippen molar-refractivity contribution in [1.29, 1.82) is 0 Å². The molecule has 4 rings (SSSR count). The highest BCUT2D eigenvalue weighted by molar-refractivity contribution is 7.89. The van der Waals surface area contributed by atoms with Crippen LogP contribution in [0.2, 0.25) is 0 Å². The molecule has 2 heterocycles. The van der Waals surface area contributed by atoms with Gasteiger partial charge in [0.15, 0.2) is 5.65 Å². The Hall–Kier alpha value is -2.71. The first kappa shape index (κ1) is 21.5. The molecule has 0 fully saturated rings. The molecular formula is C23H28N4O3S. The molecular weight excluding hydrogens is 412 g/mol. The lowest BCUT2D eigenvalue weighted by Gasteiger charge is -2.15. The Bertz CT molecular complexity index is 1250. The summed E-state index contributed by atoms with van der Waals surface area (Å²) in [6, 6.07) is 7.11. The molecule has 1 aromatic carbocycles. The van der Waals surface area contributed by atoms with Gasteiger partial charge in [0.05, 0.1) is 13.3 Å². The number of hydrogen-bond acceptors (Lipinski definition) is 5. The van der Waals surface area contributed by atoms with Gasteiger partial charge in [0.1, 0.15) is 10.6 Å². The number of nitrogens with one attached hydrogen (secondary N) is 1. The van der Waals surface area contributed by atoms with Gasteiger partial charge in [0.2, 0.25) is 10.0 Å². The van der Waals surface area contributed by atoms with Gasteiger partial charge >= 0.3 is 0 Å². The van der Waals surface area contributed by atoms with Crippen molar-refractivity contribution in [3.05, 3.63) is 53.5 Å². The second-order valence-corrected chi connectivity index (χ2v) is 9.69. The number of fused-ring (bicyclic) bond motifs is 1. The fourth-order valence-corrected chi connectivity index (χ4v) is 5.31. The van der Waals surface area contributed by atoms with Crippen LogP contribution in [0.5, 0.6) is 5.75 Å². The van der Waals surface area contributed by atoms with E-state index in [0.717, 1.165) is 41.8 Å². The first-order valence-electron chi connectivity index (χ1n) is 10.6. The van der Waals surface area contributed by atoms with Crippen molar-refractivity contribution >= 4 is 15.7 Å². The largest absolute Gasteiger partial charge is 0.495 e. The number of sulfonamides is 1. The summed E-state index contributed by atoms with van der Waals surface area (Å²) < 4.78 is 36.1. The van der Waals surface area contributed by atoms with Crippen LogP contribution in [0.1, 0.15) is 43.5 Å². The van der Waals surface area contributed by atoms with E-state index < -0.39 is 10.0 Å². The van der Waals surface area contributed by atoms with Gasteiger partial charge in [-0.05, 0) is 69.7 Å². The lowest BCUT2D eigenvalue weighted by molar-refractivity contribution is 0.402. The number of nitrogens with zero attached hydrogens (tertiary/aromatic N) is 3. The van der Waals surface area contributed by atoms with Gasteiger partial charge in [-0.1, -0.05) is 17.7 Å². The Morgan fingerprint density at radius 3 is 2.77 bits per heavy atom. The molecule has 0 amide bonds. The van der Waals surface area contributed by atoms with Crippen molar-refractivity contribution in [1.82, 2.24) is 19.3 Å².